The normalized spacial score (nSPS) is 13.9. The molecule has 0 atom stereocenters. The van der Waals surface area contributed by atoms with Crippen LogP contribution in [0.15, 0.2) is 53.3 Å². The lowest BCUT2D eigenvalue weighted by molar-refractivity contribution is 0.208. The van der Waals surface area contributed by atoms with Gasteiger partial charge in [-0.25, -0.2) is 4.79 Å². The first-order valence-electron chi connectivity index (χ1n) is 10.9. The van der Waals surface area contributed by atoms with Crippen LogP contribution < -0.4 is 15.8 Å². The zero-order valence-corrected chi connectivity index (χ0v) is 19.1. The third-order valence-corrected chi connectivity index (χ3v) is 6.05. The van der Waals surface area contributed by atoms with Gasteiger partial charge in [0.1, 0.15) is 5.82 Å². The number of urea groups is 1. The van der Waals surface area contributed by atoms with Gasteiger partial charge in [0.15, 0.2) is 0 Å². The molecule has 0 radical (unpaired) electrons. The first kappa shape index (κ1) is 21.6. The Morgan fingerprint density at radius 2 is 1.56 bits per heavy atom. The first-order chi connectivity index (χ1) is 15.3. The summed E-state index contributed by atoms with van der Waals surface area (Å²) in [6.45, 7) is 10.5. The van der Waals surface area contributed by atoms with Gasteiger partial charge in [-0.05, 0) is 74.2 Å². The number of nitrogens with one attached hydrogen (secondary N) is 1. The molecule has 0 spiro atoms. The lowest BCUT2D eigenvalue weighted by Crippen LogP contribution is -2.50. The van der Waals surface area contributed by atoms with E-state index < -0.39 is 0 Å². The maximum absolute atomic E-state index is 12.8. The zero-order chi connectivity index (χ0) is 22.8. The van der Waals surface area contributed by atoms with Crippen molar-refractivity contribution in [1.29, 1.82) is 0 Å². The number of anilines is 2. The summed E-state index contributed by atoms with van der Waals surface area (Å²) in [6.07, 6.45) is 0. The molecule has 2 heterocycles. The molecule has 7 nitrogen and oxygen atoms in total. The van der Waals surface area contributed by atoms with Crippen LogP contribution in [0.2, 0.25) is 0 Å². The Labute approximate surface area is 188 Å². The summed E-state index contributed by atoms with van der Waals surface area (Å²) in [4.78, 5) is 29.1. The molecule has 0 bridgehead atoms. The Hall–Kier alpha value is -3.61. The minimum absolute atomic E-state index is 0.0913. The van der Waals surface area contributed by atoms with Gasteiger partial charge in [-0.3, -0.25) is 4.79 Å². The van der Waals surface area contributed by atoms with Crippen molar-refractivity contribution in [3.8, 4) is 5.69 Å². The summed E-state index contributed by atoms with van der Waals surface area (Å²) >= 11 is 0. The van der Waals surface area contributed by atoms with Gasteiger partial charge in [0.05, 0.1) is 5.69 Å². The molecule has 0 saturated carbocycles. The molecule has 2 aromatic carbocycles. The maximum Gasteiger partial charge on any atom is 0.321 e. The highest BCUT2D eigenvalue weighted by Crippen LogP contribution is 2.19. The molecule has 0 unspecified atom stereocenters. The highest BCUT2D eigenvalue weighted by Gasteiger charge is 2.23. The molecule has 166 valence electrons. The highest BCUT2D eigenvalue weighted by atomic mass is 16.2. The van der Waals surface area contributed by atoms with Crippen molar-refractivity contribution < 1.29 is 4.79 Å². The number of aryl methyl sites for hydroxylation is 4. The first-order valence-corrected chi connectivity index (χ1v) is 10.9. The topological polar surface area (TPSA) is 70.5 Å². The van der Waals surface area contributed by atoms with E-state index in [0.717, 1.165) is 33.9 Å². The Kier molecular flexibility index (Phi) is 5.99. The standard InChI is InChI=1S/C25H29N5O2/c1-17-5-6-19(3)22(15-17)26-25(32)29-13-11-28(12-14-29)23-9-10-24(31)30(27-23)21-8-7-18(2)20(4)16-21/h5-10,15-16H,11-14H2,1-4H3,(H,26,32). The summed E-state index contributed by atoms with van der Waals surface area (Å²) < 4.78 is 1.45. The monoisotopic (exact) mass is 431 g/mol. The van der Waals surface area contributed by atoms with Gasteiger partial charge in [0.25, 0.3) is 5.56 Å². The number of nitrogens with zero attached hydrogens (tertiary/aromatic N) is 4. The van der Waals surface area contributed by atoms with E-state index in [1.165, 1.54) is 10.2 Å². The predicted octanol–water partition coefficient (Wildman–Crippen LogP) is 3.82. The van der Waals surface area contributed by atoms with Gasteiger partial charge in [-0.1, -0.05) is 18.2 Å². The van der Waals surface area contributed by atoms with E-state index in [9.17, 15) is 9.59 Å². The van der Waals surface area contributed by atoms with Crippen molar-refractivity contribution in [2.45, 2.75) is 27.7 Å². The fourth-order valence-electron chi connectivity index (χ4n) is 3.82. The van der Waals surface area contributed by atoms with Crippen molar-refractivity contribution in [1.82, 2.24) is 14.7 Å². The van der Waals surface area contributed by atoms with Gasteiger partial charge in [-0.2, -0.15) is 4.68 Å². The van der Waals surface area contributed by atoms with Gasteiger partial charge < -0.3 is 15.1 Å². The second kappa shape index (κ2) is 8.86. The van der Waals surface area contributed by atoms with Crippen molar-refractivity contribution in [2.24, 2.45) is 0 Å². The van der Waals surface area contributed by atoms with E-state index in [-0.39, 0.29) is 11.6 Å². The average molecular weight is 432 g/mol. The number of carbonyl (C=O) groups excluding carboxylic acids is 1. The molecule has 3 aromatic rings. The number of aromatic nitrogens is 2. The summed E-state index contributed by atoms with van der Waals surface area (Å²) in [7, 11) is 0. The third-order valence-electron chi connectivity index (χ3n) is 6.05. The Morgan fingerprint density at radius 3 is 2.28 bits per heavy atom. The van der Waals surface area contributed by atoms with E-state index in [1.807, 2.05) is 69.0 Å². The van der Waals surface area contributed by atoms with Gasteiger partial charge in [0.2, 0.25) is 0 Å². The molecule has 1 saturated heterocycles. The number of benzene rings is 2. The molecule has 4 rings (SSSR count). The van der Waals surface area contributed by atoms with E-state index in [0.29, 0.717) is 26.2 Å². The number of hydrogen-bond donors (Lipinski definition) is 1. The van der Waals surface area contributed by atoms with Crippen molar-refractivity contribution in [3.05, 3.63) is 81.1 Å². The largest absolute Gasteiger partial charge is 0.352 e. The number of piperazine rings is 1. The van der Waals surface area contributed by atoms with Crippen LogP contribution in [0.25, 0.3) is 5.69 Å². The predicted molar refractivity (Wildman–Crippen MR) is 128 cm³/mol. The Bertz CT molecular complexity index is 1210. The van der Waals surface area contributed by atoms with Crippen molar-refractivity contribution >= 4 is 17.5 Å². The number of hydrogen-bond acceptors (Lipinski definition) is 4. The van der Waals surface area contributed by atoms with E-state index in [2.05, 4.69) is 15.3 Å². The molecule has 7 heteroatoms. The second-order valence-corrected chi connectivity index (χ2v) is 8.43. The quantitative estimate of drug-likeness (QED) is 0.684. The highest BCUT2D eigenvalue weighted by molar-refractivity contribution is 5.90. The molecule has 1 N–H and O–H groups in total. The summed E-state index contributed by atoms with van der Waals surface area (Å²) in [5, 5.41) is 7.64. The lowest BCUT2D eigenvalue weighted by atomic mass is 10.1. The molecular weight excluding hydrogens is 402 g/mol. The third kappa shape index (κ3) is 4.51. The van der Waals surface area contributed by atoms with Gasteiger partial charge >= 0.3 is 6.03 Å². The van der Waals surface area contributed by atoms with E-state index >= 15 is 0 Å². The molecule has 1 aliphatic rings. The SMILES string of the molecule is Cc1ccc(C)c(NC(=O)N2CCN(c3ccc(=O)n(-c4ccc(C)c(C)c4)n3)CC2)c1. The molecule has 32 heavy (non-hydrogen) atoms. The molecule has 0 aliphatic carbocycles. The number of carbonyl (C=O) groups is 1. The van der Waals surface area contributed by atoms with E-state index in [4.69, 9.17) is 0 Å². The Balaban J connectivity index is 1.45. The van der Waals surface area contributed by atoms with Crippen LogP contribution in [0.4, 0.5) is 16.3 Å². The average Bonchev–Trinajstić information content (AvgIpc) is 2.78. The number of amides is 2. The van der Waals surface area contributed by atoms with Gasteiger partial charge in [0, 0.05) is 37.9 Å². The lowest BCUT2D eigenvalue weighted by Gasteiger charge is -2.35. The second-order valence-electron chi connectivity index (χ2n) is 8.43. The van der Waals surface area contributed by atoms with Crippen LogP contribution in [0.5, 0.6) is 0 Å². The molecule has 1 aliphatic heterocycles. The van der Waals surface area contributed by atoms with Crippen molar-refractivity contribution in [2.75, 3.05) is 36.4 Å². The fraction of sp³-hybridized carbons (Fsp3) is 0.320. The summed E-state index contributed by atoms with van der Waals surface area (Å²) in [6, 6.07) is 15.1. The van der Waals surface area contributed by atoms with Crippen LogP contribution in [0.1, 0.15) is 22.3 Å². The minimum Gasteiger partial charge on any atom is -0.352 e. The van der Waals surface area contributed by atoms with Crippen molar-refractivity contribution in [3.63, 3.8) is 0 Å². The minimum atomic E-state index is -0.163. The molecule has 2 amide bonds. The molecule has 1 aromatic heterocycles. The van der Waals surface area contributed by atoms with Crippen LogP contribution in [-0.4, -0.2) is 46.9 Å². The zero-order valence-electron chi connectivity index (χ0n) is 19.1. The van der Waals surface area contributed by atoms with Crippen LogP contribution in [0, 0.1) is 27.7 Å². The van der Waals surface area contributed by atoms with Gasteiger partial charge in [-0.15, -0.1) is 5.10 Å². The summed E-state index contributed by atoms with van der Waals surface area (Å²) in [5.74, 6) is 0.734. The molecule has 1 fully saturated rings. The van der Waals surface area contributed by atoms with Crippen LogP contribution in [-0.2, 0) is 0 Å². The Morgan fingerprint density at radius 1 is 0.844 bits per heavy atom. The summed E-state index contributed by atoms with van der Waals surface area (Å²) in [5.41, 5.74) is 5.88. The maximum atomic E-state index is 12.8. The van der Waals surface area contributed by atoms with Crippen LogP contribution in [0.3, 0.4) is 0 Å². The van der Waals surface area contributed by atoms with Crippen LogP contribution >= 0.6 is 0 Å². The fourth-order valence-corrected chi connectivity index (χ4v) is 3.82. The van der Waals surface area contributed by atoms with E-state index in [1.54, 1.807) is 12.1 Å². The molecular formula is C25H29N5O2. The smallest absolute Gasteiger partial charge is 0.321 e. The number of rotatable bonds is 3.